The van der Waals surface area contributed by atoms with E-state index in [1.165, 1.54) is 18.7 Å². The lowest BCUT2D eigenvalue weighted by Crippen LogP contribution is -2.45. The van der Waals surface area contributed by atoms with Gasteiger partial charge in [0.15, 0.2) is 0 Å². The van der Waals surface area contributed by atoms with Gasteiger partial charge in [-0.15, -0.1) is 0 Å². The Balaban J connectivity index is 2.01. The van der Waals surface area contributed by atoms with Crippen molar-refractivity contribution in [1.29, 1.82) is 0 Å². The second-order valence-electron chi connectivity index (χ2n) is 4.68. The molecule has 1 unspecified atom stereocenters. The molecule has 0 aromatic heterocycles. The molecule has 1 aliphatic heterocycles. The molecule has 1 fully saturated rings. The fraction of sp³-hybridized carbons (Fsp3) is 0.538. The largest absolute Gasteiger partial charge is 0.399 e. The van der Waals surface area contributed by atoms with Crippen molar-refractivity contribution in [2.24, 2.45) is 0 Å². The molecule has 0 aliphatic carbocycles. The van der Waals surface area contributed by atoms with Crippen molar-refractivity contribution in [3.05, 3.63) is 29.8 Å². The summed E-state index contributed by atoms with van der Waals surface area (Å²) in [5.74, 6) is 0. The molecule has 3 nitrogen and oxygen atoms in total. The van der Waals surface area contributed by atoms with Crippen LogP contribution in [0.25, 0.3) is 0 Å². The number of hydrogen-bond acceptors (Lipinski definition) is 3. The van der Waals surface area contributed by atoms with Gasteiger partial charge in [0.05, 0.1) is 0 Å². The van der Waals surface area contributed by atoms with Crippen LogP contribution in [0, 0.1) is 0 Å². The standard InChI is InChI=1S/C13H21N3/c1-11(12-3-5-13(14)6-4-12)16-9-7-15(2)8-10-16/h3-6,11H,7-10,14H2,1-2H3. The van der Waals surface area contributed by atoms with Crippen LogP contribution in [0.3, 0.4) is 0 Å². The number of hydrogen-bond donors (Lipinski definition) is 1. The number of anilines is 1. The lowest BCUT2D eigenvalue weighted by molar-refractivity contribution is 0.119. The van der Waals surface area contributed by atoms with Crippen LogP contribution in [0.2, 0.25) is 0 Å². The van der Waals surface area contributed by atoms with Crippen molar-refractivity contribution in [2.75, 3.05) is 39.0 Å². The smallest absolute Gasteiger partial charge is 0.0320 e. The van der Waals surface area contributed by atoms with Gasteiger partial charge in [-0.3, -0.25) is 4.90 Å². The van der Waals surface area contributed by atoms with E-state index in [0.717, 1.165) is 18.8 Å². The number of piperazine rings is 1. The molecule has 0 radical (unpaired) electrons. The van der Waals surface area contributed by atoms with E-state index in [0.29, 0.717) is 6.04 Å². The first kappa shape index (κ1) is 11.4. The normalized spacial score (nSPS) is 20.9. The first-order valence-electron chi connectivity index (χ1n) is 5.95. The predicted octanol–water partition coefficient (Wildman–Crippen LogP) is 1.58. The minimum Gasteiger partial charge on any atom is -0.399 e. The fourth-order valence-corrected chi connectivity index (χ4v) is 2.19. The molecular weight excluding hydrogens is 198 g/mol. The number of likely N-dealkylation sites (N-methyl/N-ethyl adjacent to an activating group) is 1. The minimum absolute atomic E-state index is 0.495. The van der Waals surface area contributed by atoms with Crippen molar-refractivity contribution in [1.82, 2.24) is 9.80 Å². The number of benzene rings is 1. The maximum Gasteiger partial charge on any atom is 0.0320 e. The van der Waals surface area contributed by atoms with Crippen molar-refractivity contribution >= 4 is 5.69 Å². The van der Waals surface area contributed by atoms with E-state index in [4.69, 9.17) is 5.73 Å². The van der Waals surface area contributed by atoms with Gasteiger partial charge in [0.2, 0.25) is 0 Å². The summed E-state index contributed by atoms with van der Waals surface area (Å²) in [4.78, 5) is 4.91. The molecule has 2 rings (SSSR count). The average molecular weight is 219 g/mol. The number of nitrogens with two attached hydrogens (primary N) is 1. The molecule has 1 heterocycles. The Morgan fingerprint density at radius 1 is 1.06 bits per heavy atom. The Bertz CT molecular complexity index is 326. The molecule has 16 heavy (non-hydrogen) atoms. The maximum atomic E-state index is 5.70. The molecular formula is C13H21N3. The van der Waals surface area contributed by atoms with Crippen molar-refractivity contribution < 1.29 is 0 Å². The summed E-state index contributed by atoms with van der Waals surface area (Å²) >= 11 is 0. The molecule has 2 N–H and O–H groups in total. The Labute approximate surface area is 97.8 Å². The second kappa shape index (κ2) is 4.85. The zero-order valence-corrected chi connectivity index (χ0v) is 10.2. The van der Waals surface area contributed by atoms with Gasteiger partial charge >= 0.3 is 0 Å². The molecule has 0 spiro atoms. The lowest BCUT2D eigenvalue weighted by atomic mass is 10.1. The first-order valence-corrected chi connectivity index (χ1v) is 5.95. The summed E-state index contributed by atoms with van der Waals surface area (Å²) < 4.78 is 0. The van der Waals surface area contributed by atoms with Crippen molar-refractivity contribution in [3.63, 3.8) is 0 Å². The average Bonchev–Trinajstić information content (AvgIpc) is 2.30. The van der Waals surface area contributed by atoms with Crippen LogP contribution in [0.15, 0.2) is 24.3 Å². The molecule has 88 valence electrons. The molecule has 0 amide bonds. The van der Waals surface area contributed by atoms with Crippen LogP contribution in [0.4, 0.5) is 5.69 Å². The van der Waals surface area contributed by atoms with Gasteiger partial charge in [0.1, 0.15) is 0 Å². The van der Waals surface area contributed by atoms with Gasteiger partial charge in [0, 0.05) is 37.9 Å². The van der Waals surface area contributed by atoms with E-state index in [9.17, 15) is 0 Å². The van der Waals surface area contributed by atoms with Crippen LogP contribution < -0.4 is 5.73 Å². The predicted molar refractivity (Wildman–Crippen MR) is 68.3 cm³/mol. The van der Waals surface area contributed by atoms with Crippen LogP contribution in [0.1, 0.15) is 18.5 Å². The van der Waals surface area contributed by atoms with E-state index in [1.807, 2.05) is 12.1 Å². The van der Waals surface area contributed by atoms with E-state index in [-0.39, 0.29) is 0 Å². The van der Waals surface area contributed by atoms with Crippen molar-refractivity contribution in [2.45, 2.75) is 13.0 Å². The van der Waals surface area contributed by atoms with E-state index in [1.54, 1.807) is 0 Å². The van der Waals surface area contributed by atoms with Crippen molar-refractivity contribution in [3.8, 4) is 0 Å². The molecule has 1 aromatic rings. The fourth-order valence-electron chi connectivity index (χ4n) is 2.19. The molecule has 0 bridgehead atoms. The molecule has 3 heteroatoms. The highest BCUT2D eigenvalue weighted by molar-refractivity contribution is 5.40. The van der Waals surface area contributed by atoms with Gasteiger partial charge in [-0.25, -0.2) is 0 Å². The van der Waals surface area contributed by atoms with Crippen LogP contribution >= 0.6 is 0 Å². The molecule has 1 atom stereocenters. The second-order valence-corrected chi connectivity index (χ2v) is 4.68. The first-order chi connectivity index (χ1) is 7.66. The molecule has 0 saturated carbocycles. The summed E-state index contributed by atoms with van der Waals surface area (Å²) in [6.07, 6.45) is 0. The van der Waals surface area contributed by atoms with Gasteiger partial charge in [0.25, 0.3) is 0 Å². The summed E-state index contributed by atoms with van der Waals surface area (Å²) in [6.45, 7) is 6.92. The summed E-state index contributed by atoms with van der Waals surface area (Å²) in [7, 11) is 2.19. The topological polar surface area (TPSA) is 32.5 Å². The monoisotopic (exact) mass is 219 g/mol. The summed E-state index contributed by atoms with van der Waals surface area (Å²) in [6, 6.07) is 8.75. The van der Waals surface area contributed by atoms with E-state index < -0.39 is 0 Å². The van der Waals surface area contributed by atoms with Gasteiger partial charge in [-0.05, 0) is 31.7 Å². The lowest BCUT2D eigenvalue weighted by Gasteiger charge is -2.36. The van der Waals surface area contributed by atoms with Gasteiger partial charge in [-0.2, -0.15) is 0 Å². The van der Waals surface area contributed by atoms with E-state index in [2.05, 4.69) is 35.9 Å². The summed E-state index contributed by atoms with van der Waals surface area (Å²) in [5.41, 5.74) is 7.91. The van der Waals surface area contributed by atoms with Gasteiger partial charge < -0.3 is 10.6 Å². The Morgan fingerprint density at radius 3 is 2.19 bits per heavy atom. The molecule has 1 aliphatic rings. The Kier molecular flexibility index (Phi) is 3.46. The Hall–Kier alpha value is -1.06. The number of nitrogens with zero attached hydrogens (tertiary/aromatic N) is 2. The van der Waals surface area contributed by atoms with Crippen LogP contribution in [-0.4, -0.2) is 43.0 Å². The highest BCUT2D eigenvalue weighted by Gasteiger charge is 2.19. The zero-order chi connectivity index (χ0) is 11.5. The summed E-state index contributed by atoms with van der Waals surface area (Å²) in [5, 5.41) is 0. The Morgan fingerprint density at radius 2 is 1.62 bits per heavy atom. The van der Waals surface area contributed by atoms with Crippen LogP contribution in [0.5, 0.6) is 0 Å². The SMILES string of the molecule is CC(c1ccc(N)cc1)N1CCN(C)CC1. The zero-order valence-electron chi connectivity index (χ0n) is 10.2. The third-order valence-electron chi connectivity index (χ3n) is 3.50. The molecule has 1 saturated heterocycles. The third kappa shape index (κ3) is 2.54. The maximum absolute atomic E-state index is 5.70. The highest BCUT2D eigenvalue weighted by Crippen LogP contribution is 2.22. The van der Waals surface area contributed by atoms with E-state index >= 15 is 0 Å². The number of nitrogen functional groups attached to an aromatic ring is 1. The minimum atomic E-state index is 0.495. The third-order valence-corrected chi connectivity index (χ3v) is 3.50. The number of rotatable bonds is 2. The van der Waals surface area contributed by atoms with Crippen LogP contribution in [-0.2, 0) is 0 Å². The highest BCUT2D eigenvalue weighted by atomic mass is 15.3. The van der Waals surface area contributed by atoms with Gasteiger partial charge in [-0.1, -0.05) is 12.1 Å². The molecule has 1 aromatic carbocycles. The quantitative estimate of drug-likeness (QED) is 0.766.